The lowest BCUT2D eigenvalue weighted by Crippen LogP contribution is -2.75. The molecule has 2 aromatic rings. The normalized spacial score (nSPS) is 24.2. The molecule has 5 nitrogen and oxygen atoms in total. The summed E-state index contributed by atoms with van der Waals surface area (Å²) < 4.78 is 18.7. The summed E-state index contributed by atoms with van der Waals surface area (Å²) in [4.78, 5) is 24.6. The number of aromatic hydroxyl groups is 1. The van der Waals surface area contributed by atoms with Gasteiger partial charge in [0.05, 0.1) is 10.0 Å². The van der Waals surface area contributed by atoms with Gasteiger partial charge >= 0.3 is 0 Å². The van der Waals surface area contributed by atoms with Crippen LogP contribution in [0.15, 0.2) is 36.4 Å². The summed E-state index contributed by atoms with van der Waals surface area (Å²) in [7, 11) is 0. The van der Waals surface area contributed by atoms with Crippen LogP contribution in [0, 0.1) is 11.2 Å². The molecule has 152 valence electrons. The maximum atomic E-state index is 13.4. The summed E-state index contributed by atoms with van der Waals surface area (Å²) in [6.07, 6.45) is 2.55. The van der Waals surface area contributed by atoms with E-state index in [1.807, 2.05) is 0 Å². The SMILES string of the molecule is O=C(COc1ccc(Cl)c(F)c1)NC12CC(CC(=O)c3ccc(Cl)c(O)c3)(C1)C2. The fourth-order valence-corrected chi connectivity index (χ4v) is 4.73. The van der Waals surface area contributed by atoms with Crippen molar-refractivity contribution < 1.29 is 23.8 Å². The zero-order valence-corrected chi connectivity index (χ0v) is 16.8. The zero-order valence-electron chi connectivity index (χ0n) is 15.3. The van der Waals surface area contributed by atoms with E-state index < -0.39 is 5.82 Å². The average molecular weight is 438 g/mol. The Morgan fingerprint density at radius 3 is 2.45 bits per heavy atom. The van der Waals surface area contributed by atoms with Gasteiger partial charge in [-0.15, -0.1) is 0 Å². The predicted octanol–water partition coefficient (Wildman–Crippen LogP) is 4.53. The summed E-state index contributed by atoms with van der Waals surface area (Å²) in [5, 5.41) is 12.8. The van der Waals surface area contributed by atoms with Crippen molar-refractivity contribution in [3.8, 4) is 11.5 Å². The number of amides is 1. The lowest BCUT2D eigenvalue weighted by molar-refractivity contribution is -0.164. The highest BCUT2D eigenvalue weighted by atomic mass is 35.5. The first-order chi connectivity index (χ1) is 13.7. The Labute approximate surface area is 176 Å². The van der Waals surface area contributed by atoms with Crippen LogP contribution in [0.3, 0.4) is 0 Å². The lowest BCUT2D eigenvalue weighted by atomic mass is 9.38. The zero-order chi connectivity index (χ0) is 20.8. The number of benzene rings is 2. The van der Waals surface area contributed by atoms with Crippen LogP contribution in [0.2, 0.25) is 10.0 Å². The van der Waals surface area contributed by atoms with E-state index in [-0.39, 0.29) is 50.8 Å². The molecular formula is C21H18Cl2FNO4. The molecule has 2 N–H and O–H groups in total. The van der Waals surface area contributed by atoms with Gasteiger partial charge in [0, 0.05) is 23.6 Å². The number of halogens is 3. The van der Waals surface area contributed by atoms with E-state index in [2.05, 4.69) is 5.32 Å². The van der Waals surface area contributed by atoms with Crippen molar-refractivity contribution in [2.45, 2.75) is 31.2 Å². The molecule has 0 spiro atoms. The third kappa shape index (κ3) is 3.91. The predicted molar refractivity (Wildman–Crippen MR) is 106 cm³/mol. The van der Waals surface area contributed by atoms with Gasteiger partial charge in [0.25, 0.3) is 5.91 Å². The van der Waals surface area contributed by atoms with Gasteiger partial charge in [-0.3, -0.25) is 9.59 Å². The lowest BCUT2D eigenvalue weighted by Gasteiger charge is -2.70. The maximum Gasteiger partial charge on any atom is 0.258 e. The first-order valence-electron chi connectivity index (χ1n) is 9.10. The summed E-state index contributed by atoms with van der Waals surface area (Å²) >= 11 is 11.4. The number of ketones is 1. The number of rotatable bonds is 7. The number of phenols is 1. The first-order valence-corrected chi connectivity index (χ1v) is 9.86. The van der Waals surface area contributed by atoms with Crippen molar-refractivity contribution in [2.24, 2.45) is 5.41 Å². The van der Waals surface area contributed by atoms with Gasteiger partial charge in [0.1, 0.15) is 17.3 Å². The third-order valence-electron chi connectivity index (χ3n) is 5.61. The molecule has 2 aromatic carbocycles. The highest BCUT2D eigenvalue weighted by molar-refractivity contribution is 6.32. The van der Waals surface area contributed by atoms with E-state index in [9.17, 15) is 19.1 Å². The molecule has 8 heteroatoms. The highest BCUT2D eigenvalue weighted by Crippen LogP contribution is 2.69. The molecule has 0 saturated heterocycles. The van der Waals surface area contributed by atoms with Crippen molar-refractivity contribution in [3.63, 3.8) is 0 Å². The van der Waals surface area contributed by atoms with Crippen LogP contribution in [0.5, 0.6) is 11.5 Å². The van der Waals surface area contributed by atoms with E-state index in [0.29, 0.717) is 12.0 Å². The molecule has 29 heavy (non-hydrogen) atoms. The van der Waals surface area contributed by atoms with E-state index >= 15 is 0 Å². The molecule has 0 unspecified atom stereocenters. The molecule has 3 saturated carbocycles. The molecule has 0 radical (unpaired) electrons. The molecule has 3 aliphatic rings. The number of phenolic OH excluding ortho intramolecular Hbond substituents is 1. The largest absolute Gasteiger partial charge is 0.506 e. The van der Waals surface area contributed by atoms with Crippen molar-refractivity contribution >= 4 is 34.9 Å². The Bertz CT molecular complexity index is 990. The second-order valence-corrected chi connectivity index (χ2v) is 8.80. The van der Waals surface area contributed by atoms with Gasteiger partial charge in [0.15, 0.2) is 12.4 Å². The van der Waals surface area contributed by atoms with Crippen LogP contribution < -0.4 is 10.1 Å². The molecule has 3 fully saturated rings. The minimum absolute atomic E-state index is 0.00988. The quantitative estimate of drug-likeness (QED) is 0.623. The van der Waals surface area contributed by atoms with Gasteiger partial charge in [-0.2, -0.15) is 0 Å². The molecule has 5 rings (SSSR count). The Morgan fingerprint density at radius 2 is 1.79 bits per heavy atom. The molecule has 1 amide bonds. The summed E-state index contributed by atoms with van der Waals surface area (Å²) in [5.74, 6) is -0.829. The average Bonchev–Trinajstić information content (AvgIpc) is 2.62. The number of hydrogen-bond acceptors (Lipinski definition) is 4. The minimum atomic E-state index is -0.607. The molecular weight excluding hydrogens is 420 g/mol. The Kier molecular flexibility index (Phi) is 4.95. The fourth-order valence-electron chi connectivity index (χ4n) is 4.49. The first kappa shape index (κ1) is 20.0. The number of carbonyl (C=O) groups excluding carboxylic acids is 2. The van der Waals surface area contributed by atoms with Gasteiger partial charge in [-0.1, -0.05) is 23.2 Å². The van der Waals surface area contributed by atoms with Crippen molar-refractivity contribution in [1.82, 2.24) is 5.32 Å². The van der Waals surface area contributed by atoms with Crippen LogP contribution in [0.25, 0.3) is 0 Å². The van der Waals surface area contributed by atoms with E-state index in [4.69, 9.17) is 27.9 Å². The summed E-state index contributed by atoms with van der Waals surface area (Å²) in [6.45, 7) is -0.223. The van der Waals surface area contributed by atoms with Gasteiger partial charge in [0.2, 0.25) is 0 Å². The van der Waals surface area contributed by atoms with Crippen LogP contribution in [0.4, 0.5) is 4.39 Å². The van der Waals surface area contributed by atoms with Crippen LogP contribution >= 0.6 is 23.2 Å². The maximum absolute atomic E-state index is 13.4. The monoisotopic (exact) mass is 437 g/mol. The van der Waals surface area contributed by atoms with Crippen molar-refractivity contribution in [2.75, 3.05) is 6.61 Å². The third-order valence-corrected chi connectivity index (χ3v) is 6.24. The van der Waals surface area contributed by atoms with Gasteiger partial charge < -0.3 is 15.2 Å². The minimum Gasteiger partial charge on any atom is -0.506 e. The Balaban J connectivity index is 1.25. The van der Waals surface area contributed by atoms with Crippen molar-refractivity contribution in [1.29, 1.82) is 0 Å². The molecule has 0 atom stereocenters. The van der Waals surface area contributed by atoms with E-state index in [0.717, 1.165) is 25.3 Å². The number of Topliss-reactive ketones (excluding diaryl/α,β-unsaturated/α-hetero) is 1. The Morgan fingerprint density at radius 1 is 1.10 bits per heavy atom. The topological polar surface area (TPSA) is 75.6 Å². The Hall–Kier alpha value is -2.31. The highest BCUT2D eigenvalue weighted by Gasteiger charge is 2.68. The number of hydrogen-bond donors (Lipinski definition) is 2. The van der Waals surface area contributed by atoms with Crippen LogP contribution in [-0.2, 0) is 4.79 Å². The summed E-state index contributed by atoms with van der Waals surface area (Å²) in [5.41, 5.74) is 0.0479. The fraction of sp³-hybridized carbons (Fsp3) is 0.333. The molecule has 0 aliphatic heterocycles. The molecule has 0 heterocycles. The van der Waals surface area contributed by atoms with E-state index in [1.54, 1.807) is 6.07 Å². The van der Waals surface area contributed by atoms with Crippen LogP contribution in [-0.4, -0.2) is 28.9 Å². The second kappa shape index (κ2) is 7.18. The number of carbonyl (C=O) groups is 2. The van der Waals surface area contributed by atoms with Gasteiger partial charge in [-0.05, 0) is 55.0 Å². The number of nitrogens with one attached hydrogen (secondary N) is 1. The second-order valence-electron chi connectivity index (χ2n) is 7.99. The van der Waals surface area contributed by atoms with Crippen LogP contribution in [0.1, 0.15) is 36.0 Å². The number of ether oxygens (including phenoxy) is 1. The smallest absolute Gasteiger partial charge is 0.258 e. The molecule has 0 aromatic heterocycles. The molecule has 3 aliphatic carbocycles. The standard InChI is InChI=1S/C21H18Cl2FNO4/c22-14-4-2-13(6-16(14)24)29-8-19(28)25-21-9-20(10-21,11-21)7-18(27)12-1-3-15(23)17(26)5-12/h1-6,26H,7-11H2,(H,25,28). The van der Waals surface area contributed by atoms with Crippen molar-refractivity contribution in [3.05, 3.63) is 57.8 Å². The summed E-state index contributed by atoms with van der Waals surface area (Å²) in [6, 6.07) is 8.47. The van der Waals surface area contributed by atoms with E-state index in [1.165, 1.54) is 24.3 Å². The van der Waals surface area contributed by atoms with Gasteiger partial charge in [-0.25, -0.2) is 4.39 Å². The molecule has 2 bridgehead atoms.